The van der Waals surface area contributed by atoms with E-state index in [0.29, 0.717) is 48.5 Å². The first-order valence-electron chi connectivity index (χ1n) is 9.17. The lowest BCUT2D eigenvalue weighted by atomic mass is 9.91. The average molecular weight is 385 g/mol. The molecule has 0 unspecified atom stereocenters. The van der Waals surface area contributed by atoms with Gasteiger partial charge in [-0.3, -0.25) is 4.79 Å². The number of nitrogens with one attached hydrogen (secondary N) is 1. The molecule has 1 N–H and O–H groups in total. The monoisotopic (exact) mass is 385 g/mol. The Bertz CT molecular complexity index is 1020. The number of aromatic nitrogens is 1. The van der Waals surface area contributed by atoms with E-state index in [0.717, 1.165) is 17.3 Å². The molecule has 29 heavy (non-hydrogen) atoms. The van der Waals surface area contributed by atoms with E-state index in [4.69, 9.17) is 16.0 Å². The maximum absolute atomic E-state index is 11.1. The molecule has 0 aliphatic rings. The lowest BCUT2D eigenvalue weighted by Gasteiger charge is -2.11. The summed E-state index contributed by atoms with van der Waals surface area (Å²) in [6, 6.07) is 18.5. The smallest absolute Gasteiger partial charge is 0.228 e. The molecule has 0 radical (unpaired) electrons. The van der Waals surface area contributed by atoms with Crippen LogP contribution < -0.4 is 15.5 Å². The van der Waals surface area contributed by atoms with Gasteiger partial charge in [0.2, 0.25) is 11.6 Å². The molecule has 0 atom stereocenters. The lowest BCUT2D eigenvalue weighted by molar-refractivity contribution is 0.112. The summed E-state index contributed by atoms with van der Waals surface area (Å²) < 4.78 is 11.4. The van der Waals surface area contributed by atoms with Crippen molar-refractivity contribution in [3.8, 4) is 11.6 Å². The molecule has 3 aromatic rings. The number of pyridine rings is 1. The highest BCUT2D eigenvalue weighted by molar-refractivity contribution is 6.35. The summed E-state index contributed by atoms with van der Waals surface area (Å²) in [5.74, 6) is 1.28. The number of carbonyl (C=O) groups is 1. The van der Waals surface area contributed by atoms with Gasteiger partial charge in [-0.2, -0.15) is 0 Å². The van der Waals surface area contributed by atoms with Gasteiger partial charge < -0.3 is 14.8 Å². The minimum Gasteiger partial charge on any atom is -0.439 e. The van der Waals surface area contributed by atoms with Crippen molar-refractivity contribution in [3.05, 3.63) is 83.2 Å². The summed E-state index contributed by atoms with van der Waals surface area (Å²) in [5.41, 5.74) is 2.95. The Morgan fingerprint density at radius 3 is 2.72 bits per heavy atom. The fraction of sp³-hybridized carbons (Fsp3) is 0.136. The zero-order chi connectivity index (χ0) is 20.5. The number of benzene rings is 2. The molecule has 6 nitrogen and oxygen atoms in total. The largest absolute Gasteiger partial charge is 0.439 e. The number of aldehydes is 1. The molecular weight excluding hydrogens is 365 g/mol. The Morgan fingerprint density at radius 1 is 1.14 bits per heavy atom. The molecule has 1 heterocycles. The first-order chi connectivity index (χ1) is 14.2. The third kappa shape index (κ3) is 5.67. The van der Waals surface area contributed by atoms with Crippen molar-refractivity contribution in [1.82, 2.24) is 4.98 Å². The molecule has 144 valence electrons. The van der Waals surface area contributed by atoms with Gasteiger partial charge in [-0.15, -0.1) is 0 Å². The zero-order valence-corrected chi connectivity index (χ0v) is 16.1. The van der Waals surface area contributed by atoms with Gasteiger partial charge in [0, 0.05) is 12.1 Å². The third-order valence-electron chi connectivity index (χ3n) is 4.22. The van der Waals surface area contributed by atoms with Gasteiger partial charge in [0.05, 0.1) is 19.8 Å². The Labute approximate surface area is 170 Å². The number of rotatable bonds is 9. The van der Waals surface area contributed by atoms with E-state index in [-0.39, 0.29) is 0 Å². The molecule has 0 saturated heterocycles. The maximum atomic E-state index is 11.1. The van der Waals surface area contributed by atoms with Crippen molar-refractivity contribution < 1.29 is 14.3 Å². The van der Waals surface area contributed by atoms with Crippen molar-refractivity contribution in [2.45, 2.75) is 6.61 Å². The fourth-order valence-corrected chi connectivity index (χ4v) is 2.65. The van der Waals surface area contributed by atoms with Crippen molar-refractivity contribution >= 4 is 31.1 Å². The van der Waals surface area contributed by atoms with Gasteiger partial charge in [-0.25, -0.2) is 9.83 Å². The van der Waals surface area contributed by atoms with E-state index < -0.39 is 0 Å². The van der Waals surface area contributed by atoms with Crippen LogP contribution in [0.4, 0.5) is 11.5 Å². The van der Waals surface area contributed by atoms with E-state index in [1.54, 1.807) is 24.3 Å². The van der Waals surface area contributed by atoms with Crippen LogP contribution in [0.2, 0.25) is 0 Å². The summed E-state index contributed by atoms with van der Waals surface area (Å²) in [6.45, 7) is 8.82. The summed E-state index contributed by atoms with van der Waals surface area (Å²) in [6.07, 6.45) is 0.792. The average Bonchev–Trinajstić information content (AvgIpc) is 2.76. The summed E-state index contributed by atoms with van der Waals surface area (Å²) in [5, 5.41) is 3.12. The topological polar surface area (TPSA) is 64.8 Å². The number of anilines is 1. The second kappa shape index (κ2) is 10.1. The first-order valence-corrected chi connectivity index (χ1v) is 9.17. The fourth-order valence-electron chi connectivity index (χ4n) is 2.65. The normalized spacial score (nSPS) is 10.2. The van der Waals surface area contributed by atoms with Crippen LogP contribution >= 0.6 is 0 Å². The van der Waals surface area contributed by atoms with E-state index in [2.05, 4.69) is 15.1 Å². The van der Waals surface area contributed by atoms with Crippen LogP contribution in [0.1, 0.15) is 15.9 Å². The molecule has 7 heteroatoms. The Kier molecular flexibility index (Phi) is 6.98. The first kappa shape index (κ1) is 20.1. The van der Waals surface area contributed by atoms with E-state index in [9.17, 15) is 4.79 Å². The molecule has 0 spiro atoms. The second-order valence-corrected chi connectivity index (χ2v) is 6.33. The van der Waals surface area contributed by atoms with Gasteiger partial charge in [-0.1, -0.05) is 41.9 Å². The molecule has 1 aromatic heterocycles. The molecule has 2 aromatic carbocycles. The predicted octanol–water partition coefficient (Wildman–Crippen LogP) is 3.12. The summed E-state index contributed by atoms with van der Waals surface area (Å²) >= 11 is 0. The minimum atomic E-state index is 0.339. The van der Waals surface area contributed by atoms with Crippen molar-refractivity contribution in [3.63, 3.8) is 0 Å². The van der Waals surface area contributed by atoms with Crippen molar-refractivity contribution in [2.75, 3.05) is 18.5 Å². The van der Waals surface area contributed by atoms with Gasteiger partial charge >= 0.3 is 0 Å². The molecule has 0 amide bonds. The lowest BCUT2D eigenvalue weighted by Crippen LogP contribution is -2.11. The minimum absolute atomic E-state index is 0.339. The second-order valence-electron chi connectivity index (χ2n) is 6.33. The molecule has 3 rings (SSSR count). The zero-order valence-electron chi connectivity index (χ0n) is 16.1. The van der Waals surface area contributed by atoms with Crippen LogP contribution in [0.15, 0.2) is 60.7 Å². The van der Waals surface area contributed by atoms with Crippen molar-refractivity contribution in [1.29, 1.82) is 0 Å². The number of carbonyl (C=O) groups excluding carboxylic acids is 1. The highest BCUT2D eigenvalue weighted by Gasteiger charge is 2.08. The molecule has 0 bridgehead atoms. The predicted molar refractivity (Wildman–Crippen MR) is 115 cm³/mol. The Morgan fingerprint density at radius 2 is 1.97 bits per heavy atom. The van der Waals surface area contributed by atoms with Gasteiger partial charge in [0.15, 0.2) is 0 Å². The maximum Gasteiger partial charge on any atom is 0.228 e. The SMILES string of the molecule is Bc1ccc(Oc2ccc([N+]#[C-])c(NCCOCc3ccccc3)n2)cc1C=O. The van der Waals surface area contributed by atoms with E-state index in [1.807, 2.05) is 44.2 Å². The highest BCUT2D eigenvalue weighted by atomic mass is 16.5. The van der Waals surface area contributed by atoms with Gasteiger partial charge in [-0.05, 0) is 29.8 Å². The standard InChI is InChI=1S/C22H20BN3O3/c1-24-20-9-10-21(29-18-7-8-19(23)17(13-18)14-27)26-22(20)25-11-12-28-15-16-5-3-2-4-6-16/h2-10,13-14H,11-12,15,23H2,(H,25,26). The number of ether oxygens (including phenoxy) is 2. The van der Waals surface area contributed by atoms with Crippen LogP contribution in [0.25, 0.3) is 4.85 Å². The van der Waals surface area contributed by atoms with E-state index >= 15 is 0 Å². The highest BCUT2D eigenvalue weighted by Crippen LogP contribution is 2.28. The Balaban J connectivity index is 1.60. The number of hydrogen-bond acceptors (Lipinski definition) is 5. The van der Waals surface area contributed by atoms with Crippen molar-refractivity contribution in [2.24, 2.45) is 0 Å². The van der Waals surface area contributed by atoms with Crippen LogP contribution in [0, 0.1) is 6.57 Å². The summed E-state index contributed by atoms with van der Waals surface area (Å²) in [4.78, 5) is 19.0. The summed E-state index contributed by atoms with van der Waals surface area (Å²) in [7, 11) is 1.86. The van der Waals surface area contributed by atoms with Crippen LogP contribution in [-0.4, -0.2) is 32.3 Å². The van der Waals surface area contributed by atoms with Crippen LogP contribution in [-0.2, 0) is 11.3 Å². The molecular formula is C22H20BN3O3. The molecule has 0 aliphatic carbocycles. The molecule has 0 aliphatic heterocycles. The molecule has 0 fully saturated rings. The number of nitrogens with zero attached hydrogens (tertiary/aromatic N) is 2. The molecule has 0 saturated carbocycles. The number of hydrogen-bond donors (Lipinski definition) is 1. The van der Waals surface area contributed by atoms with E-state index in [1.165, 1.54) is 0 Å². The van der Waals surface area contributed by atoms with Gasteiger partial charge in [0.25, 0.3) is 0 Å². The van der Waals surface area contributed by atoms with Crippen LogP contribution in [0.5, 0.6) is 11.6 Å². The van der Waals surface area contributed by atoms with Crippen LogP contribution in [0.3, 0.4) is 0 Å². The van der Waals surface area contributed by atoms with Gasteiger partial charge in [0.1, 0.15) is 25.7 Å². The Hall–Kier alpha value is -3.63. The quantitative estimate of drug-likeness (QED) is 0.265. The third-order valence-corrected chi connectivity index (χ3v) is 4.22.